The van der Waals surface area contributed by atoms with E-state index in [2.05, 4.69) is 10.4 Å². The van der Waals surface area contributed by atoms with Crippen molar-refractivity contribution in [2.24, 2.45) is 7.05 Å². The normalized spacial score (nSPS) is 18.8. The molecule has 2 aliphatic rings. The lowest BCUT2D eigenvalue weighted by Gasteiger charge is -2.09. The summed E-state index contributed by atoms with van der Waals surface area (Å²) >= 11 is 0. The minimum Gasteiger partial charge on any atom is -0.454 e. The van der Waals surface area contributed by atoms with Gasteiger partial charge in [-0.15, -0.1) is 0 Å². The van der Waals surface area contributed by atoms with Crippen molar-refractivity contribution < 1.29 is 19.0 Å². The summed E-state index contributed by atoms with van der Waals surface area (Å²) in [5, 5.41) is 7.41. The van der Waals surface area contributed by atoms with Crippen LogP contribution in [0.5, 0.6) is 11.5 Å². The number of hydrogen-bond acceptors (Lipinski definition) is 5. The summed E-state index contributed by atoms with van der Waals surface area (Å²) in [5.74, 6) is 1.46. The highest BCUT2D eigenvalue weighted by Crippen LogP contribution is 2.35. The standard InChI is InChI=1S/C17H19N3O4/c1-20-8-13(15(19-20)12-5-6-22-9-12)17(21)18-7-11-3-2-4-14-16(11)24-10-23-14/h2-4,8,12H,5-7,9-10H2,1H3,(H,18,21). The van der Waals surface area contributed by atoms with Crippen LogP contribution in [0, 0.1) is 0 Å². The number of rotatable bonds is 4. The van der Waals surface area contributed by atoms with E-state index in [1.54, 1.807) is 10.9 Å². The van der Waals surface area contributed by atoms with Gasteiger partial charge in [-0.3, -0.25) is 9.48 Å². The Morgan fingerprint density at radius 3 is 3.17 bits per heavy atom. The Bertz CT molecular complexity index is 765. The van der Waals surface area contributed by atoms with E-state index < -0.39 is 0 Å². The second-order valence-corrected chi connectivity index (χ2v) is 6.00. The second kappa shape index (κ2) is 6.16. The van der Waals surface area contributed by atoms with Crippen molar-refractivity contribution in [1.29, 1.82) is 0 Å². The van der Waals surface area contributed by atoms with Crippen LogP contribution in [0.25, 0.3) is 0 Å². The molecule has 1 unspecified atom stereocenters. The van der Waals surface area contributed by atoms with Crippen LogP contribution in [0.4, 0.5) is 0 Å². The van der Waals surface area contributed by atoms with Gasteiger partial charge in [0.2, 0.25) is 6.79 Å². The number of fused-ring (bicyclic) bond motifs is 1. The number of hydrogen-bond donors (Lipinski definition) is 1. The van der Waals surface area contributed by atoms with Gasteiger partial charge in [-0.25, -0.2) is 0 Å². The summed E-state index contributed by atoms with van der Waals surface area (Å²) in [5.41, 5.74) is 2.32. The quantitative estimate of drug-likeness (QED) is 0.922. The molecule has 126 valence electrons. The van der Waals surface area contributed by atoms with E-state index in [0.717, 1.165) is 24.3 Å². The third-order valence-corrected chi connectivity index (χ3v) is 4.34. The van der Waals surface area contributed by atoms with Gasteiger partial charge < -0.3 is 19.5 Å². The molecule has 1 fully saturated rings. The van der Waals surface area contributed by atoms with Crippen molar-refractivity contribution in [1.82, 2.24) is 15.1 Å². The molecule has 1 saturated heterocycles. The van der Waals surface area contributed by atoms with Crippen LogP contribution in [0.3, 0.4) is 0 Å². The number of aryl methyl sites for hydroxylation is 1. The number of ether oxygens (including phenoxy) is 3. The largest absolute Gasteiger partial charge is 0.454 e. The molecule has 3 heterocycles. The highest BCUT2D eigenvalue weighted by atomic mass is 16.7. The number of para-hydroxylation sites is 1. The third-order valence-electron chi connectivity index (χ3n) is 4.34. The molecule has 4 rings (SSSR count). The van der Waals surface area contributed by atoms with Crippen molar-refractivity contribution in [3.63, 3.8) is 0 Å². The first-order chi connectivity index (χ1) is 11.7. The van der Waals surface area contributed by atoms with E-state index in [1.807, 2.05) is 25.2 Å². The minimum absolute atomic E-state index is 0.137. The molecule has 7 heteroatoms. The molecule has 0 aliphatic carbocycles. The van der Waals surface area contributed by atoms with Crippen LogP contribution in [0.15, 0.2) is 24.4 Å². The predicted molar refractivity (Wildman–Crippen MR) is 85.1 cm³/mol. The van der Waals surface area contributed by atoms with Gasteiger partial charge in [0.25, 0.3) is 5.91 Å². The second-order valence-electron chi connectivity index (χ2n) is 6.00. The monoisotopic (exact) mass is 329 g/mol. The number of aromatic nitrogens is 2. The Balaban J connectivity index is 1.50. The molecular weight excluding hydrogens is 310 g/mol. The van der Waals surface area contributed by atoms with Gasteiger partial charge in [0.05, 0.1) is 17.9 Å². The van der Waals surface area contributed by atoms with Crippen LogP contribution in [-0.4, -0.2) is 35.7 Å². The number of amides is 1. The molecule has 1 atom stereocenters. The Morgan fingerprint density at radius 2 is 2.33 bits per heavy atom. The number of carbonyl (C=O) groups is 1. The summed E-state index contributed by atoms with van der Waals surface area (Å²) in [4.78, 5) is 12.6. The van der Waals surface area contributed by atoms with E-state index in [-0.39, 0.29) is 18.6 Å². The predicted octanol–water partition coefficient (Wildman–Crippen LogP) is 1.58. The first-order valence-electron chi connectivity index (χ1n) is 7.99. The molecule has 0 bridgehead atoms. The average molecular weight is 329 g/mol. The Labute approximate surface area is 139 Å². The fourth-order valence-corrected chi connectivity index (χ4v) is 3.13. The van der Waals surface area contributed by atoms with Crippen LogP contribution in [0.1, 0.15) is 34.0 Å². The topological polar surface area (TPSA) is 74.6 Å². The SMILES string of the molecule is Cn1cc(C(=O)NCc2cccc3c2OCO3)c(C2CCOC2)n1. The molecule has 2 aromatic rings. The number of carbonyl (C=O) groups excluding carboxylic acids is 1. The molecular formula is C17H19N3O4. The van der Waals surface area contributed by atoms with Crippen LogP contribution in [0.2, 0.25) is 0 Å². The maximum absolute atomic E-state index is 12.6. The number of nitrogens with zero attached hydrogens (tertiary/aromatic N) is 2. The summed E-state index contributed by atoms with van der Waals surface area (Å²) in [6.07, 6.45) is 2.66. The Hall–Kier alpha value is -2.54. The van der Waals surface area contributed by atoms with Crippen molar-refractivity contribution in [3.05, 3.63) is 41.2 Å². The number of nitrogens with one attached hydrogen (secondary N) is 1. The maximum atomic E-state index is 12.6. The van der Waals surface area contributed by atoms with Crippen molar-refractivity contribution in [3.8, 4) is 11.5 Å². The highest BCUT2D eigenvalue weighted by Gasteiger charge is 2.27. The zero-order valence-corrected chi connectivity index (χ0v) is 13.4. The van der Waals surface area contributed by atoms with E-state index in [1.165, 1.54) is 0 Å². The van der Waals surface area contributed by atoms with E-state index in [0.29, 0.717) is 30.2 Å². The van der Waals surface area contributed by atoms with Crippen LogP contribution >= 0.6 is 0 Å². The van der Waals surface area contributed by atoms with Gasteiger partial charge in [-0.05, 0) is 12.5 Å². The zero-order chi connectivity index (χ0) is 16.5. The maximum Gasteiger partial charge on any atom is 0.255 e. The molecule has 0 spiro atoms. The summed E-state index contributed by atoms with van der Waals surface area (Å²) < 4.78 is 17.9. The van der Waals surface area contributed by atoms with Gasteiger partial charge in [-0.1, -0.05) is 12.1 Å². The fraction of sp³-hybridized carbons (Fsp3) is 0.412. The lowest BCUT2D eigenvalue weighted by molar-refractivity contribution is 0.0949. The first kappa shape index (κ1) is 15.0. The minimum atomic E-state index is -0.137. The summed E-state index contributed by atoms with van der Waals surface area (Å²) in [7, 11) is 1.82. The summed E-state index contributed by atoms with van der Waals surface area (Å²) in [6, 6.07) is 5.66. The molecule has 7 nitrogen and oxygen atoms in total. The molecule has 0 radical (unpaired) electrons. The van der Waals surface area contributed by atoms with E-state index >= 15 is 0 Å². The molecule has 0 saturated carbocycles. The molecule has 1 N–H and O–H groups in total. The average Bonchev–Trinajstić information content (AvgIpc) is 3.31. The Kier molecular flexibility index (Phi) is 3.86. The molecule has 24 heavy (non-hydrogen) atoms. The summed E-state index contributed by atoms with van der Waals surface area (Å²) in [6.45, 7) is 1.93. The smallest absolute Gasteiger partial charge is 0.255 e. The van der Waals surface area contributed by atoms with Crippen molar-refractivity contribution in [2.45, 2.75) is 18.9 Å². The van der Waals surface area contributed by atoms with Gasteiger partial charge in [0, 0.05) is 37.9 Å². The van der Waals surface area contributed by atoms with Crippen molar-refractivity contribution in [2.75, 3.05) is 20.0 Å². The van der Waals surface area contributed by atoms with Crippen LogP contribution < -0.4 is 14.8 Å². The van der Waals surface area contributed by atoms with Gasteiger partial charge in [-0.2, -0.15) is 5.10 Å². The molecule has 2 aliphatic heterocycles. The van der Waals surface area contributed by atoms with Gasteiger partial charge in [0.15, 0.2) is 11.5 Å². The lowest BCUT2D eigenvalue weighted by atomic mass is 10.0. The van der Waals surface area contributed by atoms with Crippen molar-refractivity contribution >= 4 is 5.91 Å². The fourth-order valence-electron chi connectivity index (χ4n) is 3.13. The van der Waals surface area contributed by atoms with Crippen LogP contribution in [-0.2, 0) is 18.3 Å². The van der Waals surface area contributed by atoms with E-state index in [4.69, 9.17) is 14.2 Å². The third kappa shape index (κ3) is 2.71. The van der Waals surface area contributed by atoms with E-state index in [9.17, 15) is 4.79 Å². The van der Waals surface area contributed by atoms with Gasteiger partial charge in [0.1, 0.15) is 0 Å². The number of benzene rings is 1. The first-order valence-corrected chi connectivity index (χ1v) is 7.99. The lowest BCUT2D eigenvalue weighted by Crippen LogP contribution is -2.24. The molecule has 1 amide bonds. The highest BCUT2D eigenvalue weighted by molar-refractivity contribution is 5.95. The molecule has 1 aromatic carbocycles. The van der Waals surface area contributed by atoms with Gasteiger partial charge >= 0.3 is 0 Å². The zero-order valence-electron chi connectivity index (χ0n) is 13.4. The Morgan fingerprint density at radius 1 is 1.42 bits per heavy atom. The molecule has 1 aromatic heterocycles.